The molecule has 0 aromatic heterocycles. The monoisotopic (exact) mass is 1330 g/mol. The predicted octanol–water partition coefficient (Wildman–Crippen LogP) is 17.6. The van der Waals surface area contributed by atoms with Crippen LogP contribution < -0.4 is 34.9 Å². The lowest BCUT2D eigenvalue weighted by molar-refractivity contribution is 0.0172. The highest BCUT2D eigenvalue weighted by molar-refractivity contribution is 6.43. The number of aromatic carboxylic acids is 3. The van der Waals surface area contributed by atoms with E-state index in [1.54, 1.807) is 24.3 Å². The Morgan fingerprint density at radius 3 is 1.28 bits per heavy atom. The number of nitrogens with one attached hydrogen (secondary N) is 3. The smallest absolute Gasteiger partial charge is 0.335 e. The lowest BCUT2D eigenvalue weighted by Crippen LogP contribution is -2.15. The standard InChI is InChI=1S/C23H18F3NO5.C21H14Cl3NO5.C21H15Cl2NO4/c1-23(25,26)14-5-9-17(21(28)27-16-7-3-13(4-8-16)22(29)30)19(11-14)32-18-10-6-15(24)12-20(18)31-2;22-15-8-14(20(27)25-13-4-2-12(3-5-13)21(28)29)19(9-16(15)23)30-18-6-1-11(10-26)7-17(18)24;1-12-2-8-15(9-3-12)28-19-11-18(23)17(22)10-16(19)20(25)24-14-6-4-13(5-7-14)21(26)27/h3-12H,1-2H3,(H,27,28)(H,29,30);1-9,26H,10H2,(H,25,27)(H,28,29);2-11H,1H3,(H,24,25)(H,26,27). The topological polar surface area (TPSA) is 256 Å². The Balaban J connectivity index is 0.000000192. The molecule has 0 unspecified atom stereocenters. The minimum absolute atomic E-state index is 0.00859. The van der Waals surface area contributed by atoms with Gasteiger partial charge < -0.3 is 55.3 Å². The van der Waals surface area contributed by atoms with Crippen molar-refractivity contribution in [3.8, 4) is 40.2 Å². The van der Waals surface area contributed by atoms with Crippen molar-refractivity contribution in [3.05, 3.63) is 257 Å². The second-order valence-electron chi connectivity index (χ2n) is 19.0. The summed E-state index contributed by atoms with van der Waals surface area (Å²) in [5.41, 5.74) is 2.83. The van der Waals surface area contributed by atoms with Crippen LogP contribution in [0.2, 0.25) is 25.1 Å². The number of carbonyl (C=O) groups is 6. The molecule has 0 aliphatic heterocycles. The van der Waals surface area contributed by atoms with E-state index in [2.05, 4.69) is 16.0 Å². The number of methoxy groups -OCH3 is 1. The van der Waals surface area contributed by atoms with Gasteiger partial charge in [0.15, 0.2) is 11.5 Å². The van der Waals surface area contributed by atoms with E-state index in [4.69, 9.17) is 92.3 Å². The van der Waals surface area contributed by atoms with Crippen molar-refractivity contribution < 1.29 is 81.3 Å². The molecule has 9 aromatic rings. The van der Waals surface area contributed by atoms with E-state index in [-0.39, 0.29) is 105 Å². The molecule has 25 heteroatoms. The number of ether oxygens (including phenoxy) is 4. The fraction of sp³-hybridized carbons (Fsp3) is 0.0769. The number of carbonyl (C=O) groups excluding carboxylic acids is 3. The zero-order chi connectivity index (χ0) is 65.6. The van der Waals surface area contributed by atoms with Gasteiger partial charge in [0.25, 0.3) is 23.6 Å². The van der Waals surface area contributed by atoms with Crippen molar-refractivity contribution in [2.45, 2.75) is 26.4 Å². The molecule has 0 spiro atoms. The second kappa shape index (κ2) is 30.4. The van der Waals surface area contributed by atoms with Crippen molar-refractivity contribution in [1.82, 2.24) is 0 Å². The first-order chi connectivity index (χ1) is 42.7. The Hall–Kier alpha value is -9.80. The molecule has 0 atom stereocenters. The molecule has 9 rings (SSSR count). The van der Waals surface area contributed by atoms with Gasteiger partial charge in [-0.3, -0.25) is 14.4 Å². The fourth-order valence-corrected chi connectivity index (χ4v) is 8.63. The van der Waals surface area contributed by atoms with Crippen LogP contribution in [0.1, 0.15) is 85.8 Å². The van der Waals surface area contributed by atoms with Crippen molar-refractivity contribution in [1.29, 1.82) is 0 Å². The molecule has 0 saturated carbocycles. The molecule has 0 radical (unpaired) electrons. The zero-order valence-corrected chi connectivity index (χ0v) is 50.6. The fourth-order valence-electron chi connectivity index (χ4n) is 7.75. The van der Waals surface area contributed by atoms with Crippen LogP contribution in [0.4, 0.5) is 30.2 Å². The Kier molecular flexibility index (Phi) is 22.9. The van der Waals surface area contributed by atoms with Crippen LogP contribution in [0, 0.1) is 12.7 Å². The van der Waals surface area contributed by atoms with E-state index in [0.717, 1.165) is 29.8 Å². The van der Waals surface area contributed by atoms with Crippen LogP contribution in [-0.4, -0.2) is 63.2 Å². The minimum Gasteiger partial charge on any atom is -0.493 e. The molecule has 90 heavy (non-hydrogen) atoms. The molecule has 0 fully saturated rings. The molecular formula is C65H47Cl5F3N3O14. The first-order valence-electron chi connectivity index (χ1n) is 26.0. The summed E-state index contributed by atoms with van der Waals surface area (Å²) in [6.07, 6.45) is 0. The van der Waals surface area contributed by atoms with Crippen molar-refractivity contribution in [2.75, 3.05) is 23.1 Å². The number of benzene rings is 9. The molecule has 7 N–H and O–H groups in total. The van der Waals surface area contributed by atoms with Gasteiger partial charge in [-0.25, -0.2) is 27.6 Å². The molecule has 9 aromatic carbocycles. The highest BCUT2D eigenvalue weighted by Gasteiger charge is 2.28. The lowest BCUT2D eigenvalue weighted by atomic mass is 10.1. The van der Waals surface area contributed by atoms with Gasteiger partial charge in [0.1, 0.15) is 34.6 Å². The van der Waals surface area contributed by atoms with Crippen LogP contribution >= 0.6 is 58.0 Å². The van der Waals surface area contributed by atoms with E-state index in [9.17, 15) is 47.0 Å². The minimum atomic E-state index is -3.20. The summed E-state index contributed by atoms with van der Waals surface area (Å²) in [5, 5.41) is 45.0. The van der Waals surface area contributed by atoms with Gasteiger partial charge in [0.2, 0.25) is 0 Å². The van der Waals surface area contributed by atoms with E-state index in [1.165, 1.54) is 122 Å². The number of carboxylic acids is 3. The molecule has 462 valence electrons. The molecule has 0 bridgehead atoms. The number of aliphatic hydroxyl groups excluding tert-OH is 1. The maximum absolute atomic E-state index is 13.9. The average molecular weight is 1330 g/mol. The van der Waals surface area contributed by atoms with Crippen molar-refractivity contribution >= 4 is 111 Å². The maximum Gasteiger partial charge on any atom is 0.335 e. The molecule has 3 amide bonds. The van der Waals surface area contributed by atoms with Gasteiger partial charge in [-0.2, -0.15) is 0 Å². The number of alkyl halides is 2. The predicted molar refractivity (Wildman–Crippen MR) is 335 cm³/mol. The van der Waals surface area contributed by atoms with Crippen LogP contribution in [0.3, 0.4) is 0 Å². The molecule has 0 aliphatic rings. The highest BCUT2D eigenvalue weighted by Crippen LogP contribution is 2.40. The SMILES string of the molecule is COc1cc(F)ccc1Oc1cc(C(C)(F)F)ccc1C(=O)Nc1ccc(C(=O)O)cc1.Cc1ccc(Oc2cc(Cl)c(Cl)cc2C(=O)Nc2ccc(C(=O)O)cc2)cc1.O=C(O)c1ccc(NC(=O)c2cc(Cl)c(Cl)cc2Oc2ccc(CO)cc2Cl)cc1. The quantitative estimate of drug-likeness (QED) is 0.0422. The molecule has 0 heterocycles. The van der Waals surface area contributed by atoms with Gasteiger partial charge in [0.05, 0.1) is 72.2 Å². The van der Waals surface area contributed by atoms with Gasteiger partial charge in [-0.15, -0.1) is 0 Å². The van der Waals surface area contributed by atoms with Gasteiger partial charge in [-0.05, 0) is 146 Å². The number of aliphatic hydroxyl groups is 1. The number of amides is 3. The normalized spacial score (nSPS) is 10.7. The summed E-state index contributed by atoms with van der Waals surface area (Å²) in [6, 6.07) is 41.2. The number of hydrogen-bond acceptors (Lipinski definition) is 11. The number of halogens is 8. The average Bonchev–Trinajstić information content (AvgIpc) is 0.997. The number of rotatable bonds is 18. The lowest BCUT2D eigenvalue weighted by Gasteiger charge is -2.17. The summed E-state index contributed by atoms with van der Waals surface area (Å²) in [5.74, 6) is -7.74. The molecule has 0 saturated heterocycles. The maximum atomic E-state index is 13.9. The van der Waals surface area contributed by atoms with E-state index >= 15 is 0 Å². The summed E-state index contributed by atoms with van der Waals surface area (Å²) < 4.78 is 63.6. The van der Waals surface area contributed by atoms with Gasteiger partial charge in [-0.1, -0.05) is 87.8 Å². The summed E-state index contributed by atoms with van der Waals surface area (Å²) in [6.45, 7) is 2.48. The highest BCUT2D eigenvalue weighted by atomic mass is 35.5. The third-order valence-corrected chi connectivity index (χ3v) is 14.2. The summed E-state index contributed by atoms with van der Waals surface area (Å²) in [4.78, 5) is 71.2. The molecule has 17 nitrogen and oxygen atoms in total. The molecule has 0 aliphatic carbocycles. The Morgan fingerprint density at radius 2 is 0.856 bits per heavy atom. The molecular weight excluding hydrogens is 1280 g/mol. The number of aryl methyl sites for hydroxylation is 1. The number of anilines is 3. The third-order valence-electron chi connectivity index (χ3n) is 12.4. The van der Waals surface area contributed by atoms with E-state index in [0.29, 0.717) is 29.6 Å². The van der Waals surface area contributed by atoms with Crippen LogP contribution in [0.15, 0.2) is 176 Å². The van der Waals surface area contributed by atoms with Crippen molar-refractivity contribution in [3.63, 3.8) is 0 Å². The Bertz CT molecular complexity index is 4160. The van der Waals surface area contributed by atoms with E-state index in [1.807, 2.05) is 19.1 Å². The first kappa shape index (κ1) is 67.7. The summed E-state index contributed by atoms with van der Waals surface area (Å²) in [7, 11) is 1.28. The first-order valence-corrected chi connectivity index (χ1v) is 27.9. The zero-order valence-electron chi connectivity index (χ0n) is 46.8. The Morgan fingerprint density at radius 1 is 0.444 bits per heavy atom. The number of carboxylic acid groups (broad SMARTS) is 3. The summed E-state index contributed by atoms with van der Waals surface area (Å²) >= 11 is 30.5. The van der Waals surface area contributed by atoms with Gasteiger partial charge in [0, 0.05) is 47.7 Å². The van der Waals surface area contributed by atoms with Crippen LogP contribution in [-0.2, 0) is 12.5 Å². The number of hydrogen-bond donors (Lipinski definition) is 7. The van der Waals surface area contributed by atoms with Crippen LogP contribution in [0.5, 0.6) is 40.2 Å². The second-order valence-corrected chi connectivity index (χ2v) is 21.0. The third kappa shape index (κ3) is 18.4. The van der Waals surface area contributed by atoms with Crippen molar-refractivity contribution in [2.24, 2.45) is 0 Å². The van der Waals surface area contributed by atoms with Gasteiger partial charge >= 0.3 is 17.9 Å². The van der Waals surface area contributed by atoms with E-state index < -0.39 is 52.9 Å². The Labute approximate surface area is 535 Å². The largest absolute Gasteiger partial charge is 0.493 e. The van der Waals surface area contributed by atoms with Crippen LogP contribution in [0.25, 0.3) is 0 Å².